The summed E-state index contributed by atoms with van der Waals surface area (Å²) in [5.41, 5.74) is 0. The highest BCUT2D eigenvalue weighted by molar-refractivity contribution is 6.46. The molecule has 10 heavy (non-hydrogen) atoms. The second kappa shape index (κ2) is 5.74. The molecule has 0 aromatic heterocycles. The van der Waals surface area contributed by atoms with Crippen molar-refractivity contribution in [1.82, 2.24) is 0 Å². The van der Waals surface area contributed by atoms with Gasteiger partial charge in [0.2, 0.25) is 0 Å². The van der Waals surface area contributed by atoms with E-state index in [0.29, 0.717) is 0 Å². The third kappa shape index (κ3) is 99.4. The van der Waals surface area contributed by atoms with Gasteiger partial charge in [0.05, 0.1) is 12.7 Å². The third-order valence-electron chi connectivity index (χ3n) is 0.264. The Morgan fingerprint density at radius 2 is 1.30 bits per heavy atom. The molecule has 6 nitrogen and oxygen atoms in total. The minimum atomic E-state index is -4.61. The van der Waals surface area contributed by atoms with Crippen LogP contribution in [0.15, 0.2) is 0 Å². The lowest BCUT2D eigenvalue weighted by Gasteiger charge is -1.91. The molecule has 0 aliphatic rings. The molecule has 7 heteroatoms. The van der Waals surface area contributed by atoms with Crippen molar-refractivity contribution >= 4 is 9.05 Å². The van der Waals surface area contributed by atoms with E-state index in [1.54, 1.807) is 0 Å². The summed E-state index contributed by atoms with van der Waals surface area (Å²) in [5, 5.41) is 16.0. The lowest BCUT2D eigenvalue weighted by molar-refractivity contribution is 0.110. The lowest BCUT2D eigenvalue weighted by atomic mass is 10.5. The van der Waals surface area contributed by atoms with Crippen LogP contribution in [0.2, 0.25) is 0 Å². The fourth-order valence-corrected chi connectivity index (χ4v) is 0. The molecule has 0 aromatic rings. The Hall–Kier alpha value is -0.0231. The summed E-state index contributed by atoms with van der Waals surface area (Å²) in [6.45, 7) is 1.39. The smallest absolute Gasteiger partial charge is 0.394 e. The van der Waals surface area contributed by atoms with Crippen molar-refractivity contribution in [1.29, 1.82) is 0 Å². The fraction of sp³-hybridized carbons (Fsp3) is 1.00. The molecule has 0 heterocycles. The largest absolute Gasteiger partial charge is 0.668 e. The van der Waals surface area contributed by atoms with Crippen LogP contribution in [0.3, 0.4) is 0 Å². The van der Waals surface area contributed by atoms with E-state index in [0.717, 1.165) is 0 Å². The Balaban J connectivity index is 0. The van der Waals surface area contributed by atoms with Gasteiger partial charge in [-0.3, -0.25) is 0 Å². The van der Waals surface area contributed by atoms with Crippen molar-refractivity contribution in [2.24, 2.45) is 0 Å². The zero-order chi connectivity index (χ0) is 8.78. The second-order valence-corrected chi connectivity index (χ2v) is 2.83. The molecular formula is C3H12O6Si. The maximum absolute atomic E-state index is 8.11. The molecule has 0 amide bonds. The van der Waals surface area contributed by atoms with Gasteiger partial charge >= 0.3 is 9.05 Å². The summed E-state index contributed by atoms with van der Waals surface area (Å²) in [7, 11) is -4.61. The molecule has 1 atom stereocenters. The Morgan fingerprint density at radius 3 is 1.30 bits per heavy atom. The first-order chi connectivity index (χ1) is 4.27. The zero-order valence-electron chi connectivity index (χ0n) is 5.47. The van der Waals surface area contributed by atoms with E-state index < -0.39 is 15.2 Å². The first-order valence-corrected chi connectivity index (χ1v) is 4.24. The summed E-state index contributed by atoms with van der Waals surface area (Å²) >= 11 is 0. The molecule has 0 bridgehead atoms. The molecule has 0 aromatic carbocycles. The van der Waals surface area contributed by atoms with Crippen LogP contribution in [-0.2, 0) is 0 Å². The van der Waals surface area contributed by atoms with Gasteiger partial charge in [-0.1, -0.05) is 0 Å². The normalized spacial score (nSPS) is 13.5. The second-order valence-electron chi connectivity index (χ2n) is 1.63. The molecule has 0 aliphatic heterocycles. The number of rotatable bonds is 1. The minimum absolute atomic E-state index is 0.139. The highest BCUT2D eigenvalue weighted by atomic mass is 28.4. The maximum Gasteiger partial charge on any atom is 0.668 e. The van der Waals surface area contributed by atoms with Crippen molar-refractivity contribution in [3.63, 3.8) is 0 Å². The van der Waals surface area contributed by atoms with E-state index in [2.05, 4.69) is 0 Å². The highest BCUT2D eigenvalue weighted by Gasteiger charge is 2.22. The molecule has 0 fully saturated rings. The topological polar surface area (TPSA) is 121 Å². The van der Waals surface area contributed by atoms with Gasteiger partial charge in [-0.05, 0) is 6.92 Å². The van der Waals surface area contributed by atoms with Gasteiger partial charge in [-0.15, -0.1) is 0 Å². The summed E-state index contributed by atoms with van der Waals surface area (Å²) in [4.78, 5) is 29.3. The summed E-state index contributed by atoms with van der Waals surface area (Å²) in [6.07, 6.45) is -0.560. The van der Waals surface area contributed by atoms with Crippen molar-refractivity contribution in [3.8, 4) is 0 Å². The molecule has 0 saturated carbocycles. The lowest BCUT2D eigenvalue weighted by Crippen LogP contribution is -2.33. The van der Waals surface area contributed by atoms with Gasteiger partial charge < -0.3 is 29.4 Å². The van der Waals surface area contributed by atoms with Gasteiger partial charge in [-0.25, -0.2) is 0 Å². The first kappa shape index (κ1) is 12.6. The van der Waals surface area contributed by atoms with Crippen molar-refractivity contribution in [2.45, 2.75) is 13.0 Å². The van der Waals surface area contributed by atoms with E-state index in [4.69, 9.17) is 29.4 Å². The maximum atomic E-state index is 8.11. The van der Waals surface area contributed by atoms with Gasteiger partial charge in [0, 0.05) is 0 Å². The van der Waals surface area contributed by atoms with Crippen LogP contribution < -0.4 is 0 Å². The average molecular weight is 172 g/mol. The van der Waals surface area contributed by atoms with E-state index in [1.165, 1.54) is 6.92 Å². The van der Waals surface area contributed by atoms with Gasteiger partial charge in [0.25, 0.3) is 0 Å². The van der Waals surface area contributed by atoms with Gasteiger partial charge in [0.15, 0.2) is 0 Å². The quantitative estimate of drug-likeness (QED) is 0.231. The van der Waals surface area contributed by atoms with E-state index in [9.17, 15) is 0 Å². The number of aliphatic hydroxyl groups excluding tert-OH is 2. The minimum Gasteiger partial charge on any atom is -0.394 e. The molecule has 0 rings (SSSR count). The predicted molar refractivity (Wildman–Crippen MR) is 33.4 cm³/mol. The number of hydrogen-bond donors (Lipinski definition) is 6. The summed E-state index contributed by atoms with van der Waals surface area (Å²) < 4.78 is 0. The van der Waals surface area contributed by atoms with Gasteiger partial charge in [-0.2, -0.15) is 0 Å². The first-order valence-electron chi connectivity index (χ1n) is 2.45. The van der Waals surface area contributed by atoms with E-state index in [-0.39, 0.29) is 6.61 Å². The molecule has 6 N–H and O–H groups in total. The van der Waals surface area contributed by atoms with Gasteiger partial charge in [0.1, 0.15) is 0 Å². The molecule has 0 saturated heterocycles. The predicted octanol–water partition coefficient (Wildman–Crippen LogP) is -3.25. The van der Waals surface area contributed by atoms with E-state index in [1.807, 2.05) is 0 Å². The fourth-order valence-electron chi connectivity index (χ4n) is 0. The average Bonchev–Trinajstić information content (AvgIpc) is 1.61. The zero-order valence-corrected chi connectivity index (χ0v) is 6.47. The number of aliphatic hydroxyl groups is 2. The highest BCUT2D eigenvalue weighted by Crippen LogP contribution is 1.68. The third-order valence-corrected chi connectivity index (χ3v) is 0.264. The van der Waals surface area contributed by atoms with Crippen LogP contribution in [0.1, 0.15) is 6.92 Å². The van der Waals surface area contributed by atoms with Crippen LogP contribution in [0.4, 0.5) is 0 Å². The monoisotopic (exact) mass is 172 g/mol. The molecule has 0 aliphatic carbocycles. The van der Waals surface area contributed by atoms with Crippen LogP contribution in [0, 0.1) is 0 Å². The molecule has 0 spiro atoms. The SMILES string of the molecule is CC(O)CO.O[Si](O)(O)O. The molecule has 64 valence electrons. The van der Waals surface area contributed by atoms with Crippen molar-refractivity contribution < 1.29 is 29.4 Å². The Bertz CT molecular complexity index is 61.9. The van der Waals surface area contributed by atoms with Crippen LogP contribution in [0.5, 0.6) is 0 Å². The standard InChI is InChI=1S/C3H8O2.H4O4Si/c1-3(5)2-4;1-5(2,3)4/h3-5H,2H2,1H3;1-4H. The Kier molecular flexibility index (Phi) is 7.25. The molecule has 1 unspecified atom stereocenters. The Labute approximate surface area is 59.1 Å². The van der Waals surface area contributed by atoms with Crippen molar-refractivity contribution in [2.75, 3.05) is 6.61 Å². The summed E-state index contributed by atoms with van der Waals surface area (Å²) in [6, 6.07) is 0. The Morgan fingerprint density at radius 1 is 1.20 bits per heavy atom. The van der Waals surface area contributed by atoms with Crippen LogP contribution in [0.25, 0.3) is 0 Å². The van der Waals surface area contributed by atoms with Crippen LogP contribution >= 0.6 is 0 Å². The van der Waals surface area contributed by atoms with E-state index >= 15 is 0 Å². The molecular weight excluding hydrogens is 160 g/mol. The number of hydrogen-bond acceptors (Lipinski definition) is 6. The summed E-state index contributed by atoms with van der Waals surface area (Å²) in [5.74, 6) is 0. The van der Waals surface area contributed by atoms with Crippen molar-refractivity contribution in [3.05, 3.63) is 0 Å². The van der Waals surface area contributed by atoms with Crippen LogP contribution in [-0.4, -0.2) is 51.2 Å². The molecule has 0 radical (unpaired) electrons.